The van der Waals surface area contributed by atoms with Crippen molar-refractivity contribution >= 4 is 87.6 Å². The van der Waals surface area contributed by atoms with E-state index in [4.69, 9.17) is 28.2 Å². The summed E-state index contributed by atoms with van der Waals surface area (Å²) in [7, 11) is 0. The van der Waals surface area contributed by atoms with Gasteiger partial charge in [0.25, 0.3) is 0 Å². The predicted molar refractivity (Wildman–Crippen MR) is 283 cm³/mol. The number of para-hydroxylation sites is 4. The average Bonchev–Trinajstić information content (AvgIpc) is 4.19. The summed E-state index contributed by atoms with van der Waals surface area (Å²) in [6.45, 7) is 0. The van der Waals surface area contributed by atoms with E-state index in [1.165, 1.54) is 10.8 Å². The maximum atomic E-state index is 6.69. The first kappa shape index (κ1) is 38.5. The van der Waals surface area contributed by atoms with Gasteiger partial charge in [-0.3, -0.25) is 0 Å². The van der Waals surface area contributed by atoms with Crippen molar-refractivity contribution in [3.63, 3.8) is 0 Å². The molecule has 326 valence electrons. The highest BCUT2D eigenvalue weighted by Gasteiger charge is 2.21. The van der Waals surface area contributed by atoms with E-state index in [9.17, 15) is 0 Å². The number of fused-ring (bicyclic) bond motifs is 12. The van der Waals surface area contributed by atoms with Gasteiger partial charge >= 0.3 is 0 Å². The van der Waals surface area contributed by atoms with Crippen molar-refractivity contribution in [2.45, 2.75) is 0 Å². The zero-order chi connectivity index (χ0) is 45.9. The number of hydrogen-bond acceptors (Lipinski definition) is 6. The van der Waals surface area contributed by atoms with Crippen molar-refractivity contribution in [3.8, 4) is 62.1 Å². The van der Waals surface area contributed by atoms with E-state index in [0.29, 0.717) is 17.5 Å². The van der Waals surface area contributed by atoms with Gasteiger partial charge in [0.2, 0.25) is 0 Å². The Morgan fingerprint density at radius 2 is 0.829 bits per heavy atom. The highest BCUT2D eigenvalue weighted by atomic mass is 16.3. The maximum Gasteiger partial charge on any atom is 0.164 e. The van der Waals surface area contributed by atoms with Crippen molar-refractivity contribution in [3.05, 3.63) is 218 Å². The molecule has 0 aliphatic heterocycles. The maximum absolute atomic E-state index is 6.69. The molecule has 15 rings (SSSR count). The minimum absolute atomic E-state index is 0.556. The fourth-order valence-electron chi connectivity index (χ4n) is 10.7. The molecule has 0 unspecified atom stereocenters. The highest BCUT2D eigenvalue weighted by molar-refractivity contribution is 6.17. The molecule has 0 N–H and O–H groups in total. The zero-order valence-electron chi connectivity index (χ0n) is 37.3. The molecule has 70 heavy (non-hydrogen) atoms. The van der Waals surface area contributed by atoms with Gasteiger partial charge in [0, 0.05) is 77.1 Å². The fraction of sp³-hybridized carbons (Fsp3) is 0. The fourth-order valence-corrected chi connectivity index (χ4v) is 10.7. The van der Waals surface area contributed by atoms with E-state index in [1.54, 1.807) is 0 Å². The van der Waals surface area contributed by atoms with Gasteiger partial charge in [-0.25, -0.2) is 15.0 Å². The molecule has 0 aliphatic rings. The van der Waals surface area contributed by atoms with Crippen LogP contribution >= 0.6 is 0 Å². The first-order valence-corrected chi connectivity index (χ1v) is 23.4. The van der Waals surface area contributed by atoms with E-state index in [1.807, 2.05) is 60.7 Å². The van der Waals surface area contributed by atoms with Crippen LogP contribution in [-0.4, -0.2) is 19.5 Å². The molecule has 0 saturated carbocycles. The lowest BCUT2D eigenvalue weighted by Gasteiger charge is -2.10. The Morgan fingerprint density at radius 1 is 0.286 bits per heavy atom. The standard InChI is InChI=1S/C63H36N4O3/c1-2-13-38(14-3-1)61-64-62(39-29-27-37(28-30-39)43-19-10-20-47-46-17-6-9-24-53(46)70-60(43)47)66-63(65-61)49-21-12-26-56-59(49)50-35-40(31-34-54(50)68-56)42-18-11-25-55-58(42)48-33-32-41(36-57(48)69-55)67-51-22-7-4-15-44(51)45-16-5-8-23-52(45)67/h1-36H. The molecule has 0 aliphatic carbocycles. The Kier molecular flexibility index (Phi) is 8.23. The number of aromatic nitrogens is 4. The molecule has 7 heteroatoms. The second-order valence-electron chi connectivity index (χ2n) is 17.9. The molecule has 0 radical (unpaired) electrons. The Morgan fingerprint density at radius 3 is 1.60 bits per heavy atom. The van der Waals surface area contributed by atoms with Gasteiger partial charge in [-0.05, 0) is 71.3 Å². The number of furan rings is 3. The SMILES string of the molecule is c1ccc(-c2nc(-c3ccc(-c4cccc5c4oc4ccccc45)cc3)nc(-c3cccc4oc5ccc(-c6cccc7oc8cc(-n9c%10ccccc%10c%10ccccc%109)ccc8c67)cc5c34)n2)cc1. The van der Waals surface area contributed by atoms with Crippen molar-refractivity contribution in [1.29, 1.82) is 0 Å². The summed E-state index contributed by atoms with van der Waals surface area (Å²) in [6.07, 6.45) is 0. The van der Waals surface area contributed by atoms with E-state index in [-0.39, 0.29) is 0 Å². The van der Waals surface area contributed by atoms with Crippen LogP contribution in [0.5, 0.6) is 0 Å². The van der Waals surface area contributed by atoms with Crippen LogP contribution in [0.2, 0.25) is 0 Å². The minimum Gasteiger partial charge on any atom is -0.456 e. The third kappa shape index (κ3) is 5.85. The van der Waals surface area contributed by atoms with Gasteiger partial charge < -0.3 is 17.8 Å². The highest BCUT2D eigenvalue weighted by Crippen LogP contribution is 2.43. The third-order valence-electron chi connectivity index (χ3n) is 13.9. The molecule has 0 atom stereocenters. The van der Waals surface area contributed by atoms with Crippen LogP contribution in [-0.2, 0) is 0 Å². The Hall–Kier alpha value is -9.59. The van der Waals surface area contributed by atoms with E-state index >= 15 is 0 Å². The van der Waals surface area contributed by atoms with Crippen LogP contribution in [0.25, 0.3) is 150 Å². The molecular weight excluding hydrogens is 861 g/mol. The van der Waals surface area contributed by atoms with Gasteiger partial charge in [-0.2, -0.15) is 0 Å². The number of benzene rings is 10. The summed E-state index contributed by atoms with van der Waals surface area (Å²) < 4.78 is 22.0. The smallest absolute Gasteiger partial charge is 0.164 e. The molecule has 10 aromatic carbocycles. The quantitative estimate of drug-likeness (QED) is 0.165. The summed E-state index contributed by atoms with van der Waals surface area (Å²) in [6, 6.07) is 75.5. The van der Waals surface area contributed by atoms with Crippen molar-refractivity contribution in [2.24, 2.45) is 0 Å². The Bertz CT molecular complexity index is 4540. The van der Waals surface area contributed by atoms with Crippen LogP contribution in [0.4, 0.5) is 0 Å². The minimum atomic E-state index is 0.556. The molecule has 15 aromatic rings. The summed E-state index contributed by atoms with van der Waals surface area (Å²) >= 11 is 0. The summed E-state index contributed by atoms with van der Waals surface area (Å²) in [4.78, 5) is 15.5. The largest absolute Gasteiger partial charge is 0.456 e. The van der Waals surface area contributed by atoms with Crippen LogP contribution in [0.3, 0.4) is 0 Å². The van der Waals surface area contributed by atoms with Crippen LogP contribution in [0, 0.1) is 0 Å². The van der Waals surface area contributed by atoms with Gasteiger partial charge in [0.15, 0.2) is 17.5 Å². The molecular formula is C63H36N4O3. The summed E-state index contributed by atoms with van der Waals surface area (Å²) in [5, 5.41) is 8.67. The van der Waals surface area contributed by atoms with Gasteiger partial charge in [0.05, 0.1) is 11.0 Å². The van der Waals surface area contributed by atoms with E-state index in [0.717, 1.165) is 121 Å². The van der Waals surface area contributed by atoms with Crippen LogP contribution in [0.1, 0.15) is 0 Å². The number of rotatable bonds is 6. The lowest BCUT2D eigenvalue weighted by atomic mass is 9.97. The Balaban J connectivity index is 0.855. The molecule has 0 fully saturated rings. The van der Waals surface area contributed by atoms with Gasteiger partial charge in [0.1, 0.15) is 33.5 Å². The molecule has 0 spiro atoms. The average molecular weight is 897 g/mol. The summed E-state index contributed by atoms with van der Waals surface area (Å²) in [5.74, 6) is 1.71. The third-order valence-corrected chi connectivity index (χ3v) is 13.9. The monoisotopic (exact) mass is 896 g/mol. The second-order valence-corrected chi connectivity index (χ2v) is 17.9. The molecule has 0 saturated heterocycles. The zero-order valence-corrected chi connectivity index (χ0v) is 37.3. The Labute approximate surface area is 399 Å². The van der Waals surface area contributed by atoms with Crippen LogP contribution in [0.15, 0.2) is 232 Å². The molecule has 5 heterocycles. The van der Waals surface area contributed by atoms with Crippen LogP contribution < -0.4 is 0 Å². The lowest BCUT2D eigenvalue weighted by molar-refractivity contribution is 0.668. The first-order chi connectivity index (χ1) is 34.7. The normalized spacial score (nSPS) is 12.0. The van der Waals surface area contributed by atoms with Crippen molar-refractivity contribution < 1.29 is 13.3 Å². The number of hydrogen-bond donors (Lipinski definition) is 0. The molecule has 0 bridgehead atoms. The lowest BCUT2D eigenvalue weighted by Crippen LogP contribution is -2.00. The topological polar surface area (TPSA) is 83.0 Å². The molecule has 0 amide bonds. The predicted octanol–water partition coefficient (Wildman–Crippen LogP) is 17.0. The first-order valence-electron chi connectivity index (χ1n) is 23.4. The summed E-state index contributed by atoms with van der Waals surface area (Å²) in [5.41, 5.74) is 15.1. The number of nitrogens with zero attached hydrogens (tertiary/aromatic N) is 4. The van der Waals surface area contributed by atoms with Crippen molar-refractivity contribution in [2.75, 3.05) is 0 Å². The van der Waals surface area contributed by atoms with Gasteiger partial charge in [-0.1, -0.05) is 158 Å². The van der Waals surface area contributed by atoms with Gasteiger partial charge in [-0.15, -0.1) is 0 Å². The van der Waals surface area contributed by atoms with Crippen molar-refractivity contribution in [1.82, 2.24) is 19.5 Å². The molecule has 5 aromatic heterocycles. The molecule has 7 nitrogen and oxygen atoms in total. The van der Waals surface area contributed by atoms with E-state index in [2.05, 4.69) is 162 Å². The van der Waals surface area contributed by atoms with E-state index < -0.39 is 0 Å². The second kappa shape index (κ2) is 15.0.